The zero-order valence-electron chi connectivity index (χ0n) is 13.1. The molecule has 0 atom stereocenters. The minimum absolute atomic E-state index is 0.128. The van der Waals surface area contributed by atoms with E-state index in [0.717, 1.165) is 0 Å². The van der Waals surface area contributed by atoms with E-state index in [1.165, 1.54) is 30.3 Å². The first-order valence-electron chi connectivity index (χ1n) is 7.66. The van der Waals surface area contributed by atoms with Crippen molar-refractivity contribution < 1.29 is 18.3 Å². The van der Waals surface area contributed by atoms with Crippen molar-refractivity contribution in [3.8, 4) is 16.9 Å². The van der Waals surface area contributed by atoms with E-state index in [-0.39, 0.29) is 29.2 Å². The Balaban J connectivity index is 1.89. The Labute approximate surface area is 148 Å². The lowest BCUT2D eigenvalue weighted by Gasteiger charge is -2.10. The highest BCUT2D eigenvalue weighted by molar-refractivity contribution is 6.31. The minimum atomic E-state index is -0.797. The molecular weight excluding hydrogens is 349 g/mol. The van der Waals surface area contributed by atoms with Crippen LogP contribution >= 0.6 is 11.6 Å². The lowest BCUT2D eigenvalue weighted by Crippen LogP contribution is -1.99. The topological polar surface area (TPSA) is 20.2 Å². The molecule has 0 fully saturated rings. The number of benzene rings is 3. The van der Waals surface area contributed by atoms with Crippen molar-refractivity contribution in [2.45, 2.75) is 12.8 Å². The summed E-state index contributed by atoms with van der Waals surface area (Å²) in [6.45, 7) is 0. The van der Waals surface area contributed by atoms with Crippen LogP contribution in [0.2, 0.25) is 5.02 Å². The summed E-state index contributed by atoms with van der Waals surface area (Å²) in [5, 5.41) is 9.63. The summed E-state index contributed by atoms with van der Waals surface area (Å²) in [6, 6.07) is 13.1. The van der Waals surface area contributed by atoms with Crippen LogP contribution in [0.3, 0.4) is 0 Å². The molecule has 0 unspecified atom stereocenters. The highest BCUT2D eigenvalue weighted by atomic mass is 35.5. The van der Waals surface area contributed by atoms with E-state index in [0.29, 0.717) is 16.7 Å². The van der Waals surface area contributed by atoms with Crippen LogP contribution < -0.4 is 0 Å². The van der Waals surface area contributed by atoms with Gasteiger partial charge in [0.05, 0.1) is 0 Å². The number of halogens is 4. The van der Waals surface area contributed by atoms with Gasteiger partial charge in [-0.1, -0.05) is 29.8 Å². The smallest absolute Gasteiger partial charge is 0.169 e. The fraction of sp³-hybridized carbons (Fsp3) is 0.100. The van der Waals surface area contributed by atoms with E-state index < -0.39 is 17.4 Å². The molecule has 128 valence electrons. The highest BCUT2D eigenvalue weighted by Crippen LogP contribution is 2.29. The Morgan fingerprint density at radius 3 is 2.36 bits per heavy atom. The van der Waals surface area contributed by atoms with Crippen molar-refractivity contribution in [2.24, 2.45) is 0 Å². The van der Waals surface area contributed by atoms with E-state index in [2.05, 4.69) is 0 Å². The second-order valence-electron chi connectivity index (χ2n) is 5.68. The van der Waals surface area contributed by atoms with Gasteiger partial charge in [0.2, 0.25) is 0 Å². The maximum atomic E-state index is 14.1. The normalized spacial score (nSPS) is 10.9. The molecule has 3 rings (SSSR count). The molecule has 1 N–H and O–H groups in total. The third-order valence-electron chi connectivity index (χ3n) is 4.01. The molecule has 0 aliphatic heterocycles. The van der Waals surface area contributed by atoms with E-state index in [4.69, 9.17) is 11.6 Å². The lowest BCUT2D eigenvalue weighted by molar-refractivity contribution is 0.428. The van der Waals surface area contributed by atoms with Gasteiger partial charge in [0.1, 0.15) is 11.6 Å². The predicted molar refractivity (Wildman–Crippen MR) is 92.3 cm³/mol. The van der Waals surface area contributed by atoms with Gasteiger partial charge in [-0.2, -0.15) is 0 Å². The molecule has 0 aliphatic rings. The van der Waals surface area contributed by atoms with Crippen LogP contribution in [0.1, 0.15) is 11.1 Å². The third kappa shape index (κ3) is 3.80. The molecule has 0 bridgehead atoms. The molecular formula is C20H14ClF3O. The molecule has 3 aromatic rings. The Morgan fingerprint density at radius 1 is 0.840 bits per heavy atom. The maximum absolute atomic E-state index is 14.1. The Bertz CT molecular complexity index is 925. The second kappa shape index (κ2) is 7.19. The van der Waals surface area contributed by atoms with E-state index >= 15 is 0 Å². The van der Waals surface area contributed by atoms with Crippen LogP contribution in [0.5, 0.6) is 5.75 Å². The molecule has 25 heavy (non-hydrogen) atoms. The fourth-order valence-electron chi connectivity index (χ4n) is 2.69. The first-order valence-corrected chi connectivity index (χ1v) is 8.03. The largest absolute Gasteiger partial charge is 0.505 e. The molecule has 0 aromatic heterocycles. The average Bonchev–Trinajstić information content (AvgIpc) is 2.60. The highest BCUT2D eigenvalue weighted by Gasteiger charge is 2.13. The van der Waals surface area contributed by atoms with Crippen LogP contribution in [0.25, 0.3) is 11.1 Å². The maximum Gasteiger partial charge on any atom is 0.169 e. The molecule has 0 radical (unpaired) electrons. The molecule has 0 saturated heterocycles. The van der Waals surface area contributed by atoms with Crippen molar-refractivity contribution in [1.82, 2.24) is 0 Å². The molecule has 5 heteroatoms. The summed E-state index contributed by atoms with van der Waals surface area (Å²) in [4.78, 5) is 0. The summed E-state index contributed by atoms with van der Waals surface area (Å²) >= 11 is 5.97. The van der Waals surface area contributed by atoms with Gasteiger partial charge in [-0.25, -0.2) is 13.2 Å². The lowest BCUT2D eigenvalue weighted by atomic mass is 9.98. The summed E-state index contributed by atoms with van der Waals surface area (Å²) in [5.74, 6) is -2.10. The van der Waals surface area contributed by atoms with Gasteiger partial charge in [0, 0.05) is 10.6 Å². The molecule has 0 aliphatic carbocycles. The number of phenols is 1. The number of rotatable bonds is 4. The number of aromatic hydroxyl groups is 1. The molecule has 0 saturated carbocycles. The van der Waals surface area contributed by atoms with Crippen molar-refractivity contribution in [3.63, 3.8) is 0 Å². The molecule has 3 aromatic carbocycles. The first-order chi connectivity index (χ1) is 12.0. The molecule has 0 amide bonds. The van der Waals surface area contributed by atoms with E-state index in [1.54, 1.807) is 24.3 Å². The Hall–Kier alpha value is -2.46. The molecule has 0 spiro atoms. The van der Waals surface area contributed by atoms with Gasteiger partial charge in [-0.3, -0.25) is 0 Å². The van der Waals surface area contributed by atoms with Crippen molar-refractivity contribution in [2.75, 3.05) is 0 Å². The minimum Gasteiger partial charge on any atom is -0.505 e. The number of phenolic OH excluding ortho intramolecular Hbond substituents is 1. The first kappa shape index (κ1) is 17.4. The summed E-state index contributed by atoms with van der Waals surface area (Å²) < 4.78 is 41.5. The van der Waals surface area contributed by atoms with Gasteiger partial charge in [-0.15, -0.1) is 0 Å². The molecule has 0 heterocycles. The Morgan fingerprint density at radius 2 is 1.60 bits per heavy atom. The third-order valence-corrected chi connectivity index (χ3v) is 4.37. The SMILES string of the molecule is Oc1ccc(Cl)c(CCc2cc(-c3cccc(F)c3)ccc2F)c1F. The van der Waals surface area contributed by atoms with Crippen molar-refractivity contribution in [1.29, 1.82) is 0 Å². The van der Waals surface area contributed by atoms with Gasteiger partial charge < -0.3 is 5.11 Å². The number of aryl methyl sites for hydroxylation is 1. The van der Waals surface area contributed by atoms with E-state index in [9.17, 15) is 18.3 Å². The van der Waals surface area contributed by atoms with Crippen molar-refractivity contribution >= 4 is 11.6 Å². The van der Waals surface area contributed by atoms with Crippen LogP contribution in [0.15, 0.2) is 54.6 Å². The fourth-order valence-corrected chi connectivity index (χ4v) is 2.93. The van der Waals surface area contributed by atoms with Crippen molar-refractivity contribution in [3.05, 3.63) is 88.2 Å². The van der Waals surface area contributed by atoms with Gasteiger partial charge in [0.15, 0.2) is 11.6 Å². The average molecular weight is 363 g/mol. The van der Waals surface area contributed by atoms with Crippen LogP contribution in [0, 0.1) is 17.5 Å². The zero-order valence-corrected chi connectivity index (χ0v) is 13.8. The molecule has 1 nitrogen and oxygen atoms in total. The zero-order chi connectivity index (χ0) is 18.0. The van der Waals surface area contributed by atoms with Crippen LogP contribution in [0.4, 0.5) is 13.2 Å². The summed E-state index contributed by atoms with van der Waals surface area (Å²) in [6.07, 6.45) is 0.317. The quantitative estimate of drug-likeness (QED) is 0.611. The monoisotopic (exact) mass is 362 g/mol. The predicted octanol–water partition coefficient (Wildman–Crippen LogP) is 5.92. The van der Waals surface area contributed by atoms with E-state index in [1.807, 2.05) is 0 Å². The van der Waals surface area contributed by atoms with Gasteiger partial charge in [0.25, 0.3) is 0 Å². The number of hydrogen-bond acceptors (Lipinski definition) is 1. The van der Waals surface area contributed by atoms with Crippen LogP contribution in [-0.4, -0.2) is 5.11 Å². The summed E-state index contributed by atoms with van der Waals surface area (Å²) in [5.41, 5.74) is 1.79. The van der Waals surface area contributed by atoms with Crippen LogP contribution in [-0.2, 0) is 12.8 Å². The Kier molecular flexibility index (Phi) is 5.00. The van der Waals surface area contributed by atoms with Gasteiger partial charge >= 0.3 is 0 Å². The standard InChI is InChI=1S/C20H14ClF3O/c21-17-7-9-19(25)20(24)16(17)6-4-14-10-13(5-8-18(14)23)12-2-1-3-15(22)11-12/h1-3,5,7-11,25H,4,6H2. The van der Waals surface area contributed by atoms with Gasteiger partial charge in [-0.05, 0) is 65.9 Å². The number of hydrogen-bond donors (Lipinski definition) is 1. The second-order valence-corrected chi connectivity index (χ2v) is 6.08. The summed E-state index contributed by atoms with van der Waals surface area (Å²) in [7, 11) is 0.